The van der Waals surface area contributed by atoms with Crippen LogP contribution in [0.5, 0.6) is 0 Å². The fraction of sp³-hybridized carbons (Fsp3) is 0.827. The number of esters is 3. The SMILES string of the molecule is CCCCCCCCC/C=C\C=C/CCCCCC(=O)OCC(COC(=O)CCCCCCCCCCCC)OC(=O)CCCCC/C=C\CCCCCCCCC. The van der Waals surface area contributed by atoms with Crippen LogP contribution in [0, 0.1) is 0 Å². The number of hydrogen-bond donors (Lipinski definition) is 0. The van der Waals surface area contributed by atoms with Crippen LogP contribution in [0.1, 0.15) is 258 Å². The number of rotatable bonds is 45. The Labute approximate surface area is 359 Å². The van der Waals surface area contributed by atoms with Crippen molar-refractivity contribution in [3.05, 3.63) is 36.5 Å². The third kappa shape index (κ3) is 44.7. The molecule has 0 rings (SSSR count). The monoisotopic (exact) mass is 815 g/mol. The van der Waals surface area contributed by atoms with Gasteiger partial charge in [0, 0.05) is 19.3 Å². The van der Waals surface area contributed by atoms with Gasteiger partial charge in [0.15, 0.2) is 6.10 Å². The topological polar surface area (TPSA) is 78.9 Å². The lowest BCUT2D eigenvalue weighted by Gasteiger charge is -2.18. The van der Waals surface area contributed by atoms with Gasteiger partial charge in [0.1, 0.15) is 13.2 Å². The Morgan fingerprint density at radius 3 is 0.983 bits per heavy atom. The molecule has 1 atom stereocenters. The lowest BCUT2D eigenvalue weighted by Crippen LogP contribution is -2.30. The fourth-order valence-corrected chi connectivity index (χ4v) is 7.07. The van der Waals surface area contributed by atoms with Gasteiger partial charge in [-0.25, -0.2) is 0 Å². The Morgan fingerprint density at radius 2 is 0.621 bits per heavy atom. The molecule has 0 saturated carbocycles. The van der Waals surface area contributed by atoms with Crippen molar-refractivity contribution in [3.63, 3.8) is 0 Å². The summed E-state index contributed by atoms with van der Waals surface area (Å²) < 4.78 is 16.7. The summed E-state index contributed by atoms with van der Waals surface area (Å²) in [5.74, 6) is -0.923. The maximum Gasteiger partial charge on any atom is 0.306 e. The number of carbonyl (C=O) groups excluding carboxylic acids is 3. The van der Waals surface area contributed by atoms with E-state index < -0.39 is 6.10 Å². The van der Waals surface area contributed by atoms with Crippen molar-refractivity contribution in [3.8, 4) is 0 Å². The van der Waals surface area contributed by atoms with Crippen LogP contribution in [0.3, 0.4) is 0 Å². The van der Waals surface area contributed by atoms with E-state index in [1.807, 2.05) is 0 Å². The molecule has 0 fully saturated rings. The van der Waals surface area contributed by atoms with Crippen molar-refractivity contribution in [1.29, 1.82) is 0 Å². The van der Waals surface area contributed by atoms with Crippen molar-refractivity contribution < 1.29 is 28.6 Å². The molecule has 0 N–H and O–H groups in total. The van der Waals surface area contributed by atoms with Crippen molar-refractivity contribution in [2.24, 2.45) is 0 Å². The minimum Gasteiger partial charge on any atom is -0.462 e. The minimum absolute atomic E-state index is 0.0843. The van der Waals surface area contributed by atoms with Gasteiger partial charge in [-0.15, -0.1) is 0 Å². The summed E-state index contributed by atoms with van der Waals surface area (Å²) in [6.07, 6.45) is 54.1. The fourth-order valence-electron chi connectivity index (χ4n) is 7.07. The molecule has 0 radical (unpaired) electrons. The molecule has 0 aromatic carbocycles. The summed E-state index contributed by atoms with van der Waals surface area (Å²) in [6.45, 7) is 6.59. The summed E-state index contributed by atoms with van der Waals surface area (Å²) >= 11 is 0. The normalized spacial score (nSPS) is 12.3. The molecule has 0 spiro atoms. The van der Waals surface area contributed by atoms with Gasteiger partial charge in [0.2, 0.25) is 0 Å². The van der Waals surface area contributed by atoms with Crippen LogP contribution in [-0.4, -0.2) is 37.2 Å². The molecule has 1 unspecified atom stereocenters. The average molecular weight is 815 g/mol. The van der Waals surface area contributed by atoms with Gasteiger partial charge in [0.25, 0.3) is 0 Å². The number of allylic oxidation sites excluding steroid dienone is 6. The molecule has 0 aromatic heterocycles. The Balaban J connectivity index is 4.40. The summed E-state index contributed by atoms with van der Waals surface area (Å²) in [5, 5.41) is 0. The van der Waals surface area contributed by atoms with Crippen LogP contribution in [0.15, 0.2) is 36.5 Å². The van der Waals surface area contributed by atoms with E-state index >= 15 is 0 Å². The predicted octanol–water partition coefficient (Wildman–Crippen LogP) is 16.1. The molecule has 0 saturated heterocycles. The predicted molar refractivity (Wildman–Crippen MR) is 247 cm³/mol. The molecule has 6 nitrogen and oxygen atoms in total. The van der Waals surface area contributed by atoms with Gasteiger partial charge in [-0.05, 0) is 70.6 Å². The summed E-state index contributed by atoms with van der Waals surface area (Å²) in [4.78, 5) is 37.8. The highest BCUT2D eigenvalue weighted by Crippen LogP contribution is 2.14. The molecule has 0 bridgehead atoms. The second-order valence-corrected chi connectivity index (χ2v) is 16.8. The Hall–Kier alpha value is -2.37. The van der Waals surface area contributed by atoms with Crippen LogP contribution in [-0.2, 0) is 28.6 Å². The molecular weight excluding hydrogens is 721 g/mol. The highest BCUT2D eigenvalue weighted by atomic mass is 16.6. The molecule has 0 amide bonds. The van der Waals surface area contributed by atoms with Gasteiger partial charge in [0.05, 0.1) is 0 Å². The van der Waals surface area contributed by atoms with Crippen molar-refractivity contribution in [2.45, 2.75) is 264 Å². The zero-order valence-corrected chi connectivity index (χ0v) is 38.6. The third-order valence-corrected chi connectivity index (χ3v) is 10.9. The van der Waals surface area contributed by atoms with E-state index in [1.54, 1.807) is 0 Å². The average Bonchev–Trinajstić information content (AvgIpc) is 3.22. The van der Waals surface area contributed by atoms with Crippen LogP contribution < -0.4 is 0 Å². The largest absolute Gasteiger partial charge is 0.462 e. The van der Waals surface area contributed by atoms with Gasteiger partial charge in [-0.2, -0.15) is 0 Å². The molecule has 0 aliphatic rings. The molecule has 0 aliphatic heterocycles. The molecule has 6 heteroatoms. The first kappa shape index (κ1) is 55.6. The quantitative estimate of drug-likeness (QED) is 0.0200. The van der Waals surface area contributed by atoms with E-state index in [-0.39, 0.29) is 31.1 Å². The van der Waals surface area contributed by atoms with Crippen LogP contribution in [0.4, 0.5) is 0 Å². The molecular formula is C52H94O6. The van der Waals surface area contributed by atoms with Gasteiger partial charge in [-0.1, -0.05) is 205 Å². The smallest absolute Gasteiger partial charge is 0.306 e. The highest BCUT2D eigenvalue weighted by molar-refractivity contribution is 5.71. The van der Waals surface area contributed by atoms with E-state index in [2.05, 4.69) is 57.2 Å². The van der Waals surface area contributed by atoms with Gasteiger partial charge < -0.3 is 14.2 Å². The maximum absolute atomic E-state index is 12.7. The molecule has 0 heterocycles. The number of ether oxygens (including phenoxy) is 3. The minimum atomic E-state index is -0.785. The van der Waals surface area contributed by atoms with E-state index in [0.717, 1.165) is 83.5 Å². The number of hydrogen-bond acceptors (Lipinski definition) is 6. The highest BCUT2D eigenvalue weighted by Gasteiger charge is 2.19. The van der Waals surface area contributed by atoms with Crippen molar-refractivity contribution >= 4 is 17.9 Å². The second kappa shape index (κ2) is 47.3. The number of unbranched alkanes of at least 4 members (excludes halogenated alkanes) is 29. The van der Waals surface area contributed by atoms with Crippen LogP contribution in [0.25, 0.3) is 0 Å². The molecule has 0 aliphatic carbocycles. The van der Waals surface area contributed by atoms with Gasteiger partial charge >= 0.3 is 17.9 Å². The van der Waals surface area contributed by atoms with Crippen LogP contribution >= 0.6 is 0 Å². The van der Waals surface area contributed by atoms with Crippen LogP contribution in [0.2, 0.25) is 0 Å². The van der Waals surface area contributed by atoms with E-state index in [0.29, 0.717) is 19.3 Å². The first-order valence-electron chi connectivity index (χ1n) is 25.0. The van der Waals surface area contributed by atoms with E-state index in [1.165, 1.54) is 135 Å². The summed E-state index contributed by atoms with van der Waals surface area (Å²) in [5.41, 5.74) is 0. The lowest BCUT2D eigenvalue weighted by molar-refractivity contribution is -0.167. The summed E-state index contributed by atoms with van der Waals surface area (Å²) in [6, 6.07) is 0. The Kier molecular flexibility index (Phi) is 45.4. The zero-order chi connectivity index (χ0) is 42.3. The van der Waals surface area contributed by atoms with Gasteiger partial charge in [-0.3, -0.25) is 14.4 Å². The van der Waals surface area contributed by atoms with Crippen molar-refractivity contribution in [1.82, 2.24) is 0 Å². The Bertz CT molecular complexity index is 984. The number of carbonyl (C=O) groups is 3. The standard InChI is InChI=1S/C52H94O6/c1-4-7-10-13-16-19-22-24-26-27-29-30-33-36-39-42-45-51(54)57-48-49(47-56-50(53)44-41-38-35-32-21-18-15-12-9-6-3)58-52(55)46-43-40-37-34-31-28-25-23-20-17-14-11-8-5-2/h26-31,49H,4-25,32-48H2,1-3H3/b27-26-,30-29-,31-28-. The third-order valence-electron chi connectivity index (χ3n) is 10.9. The Morgan fingerprint density at radius 1 is 0.345 bits per heavy atom. The first-order valence-corrected chi connectivity index (χ1v) is 25.0. The summed E-state index contributed by atoms with van der Waals surface area (Å²) in [7, 11) is 0. The molecule has 338 valence electrons. The molecule has 58 heavy (non-hydrogen) atoms. The lowest BCUT2D eigenvalue weighted by atomic mass is 10.1. The second-order valence-electron chi connectivity index (χ2n) is 16.8. The van der Waals surface area contributed by atoms with E-state index in [9.17, 15) is 14.4 Å². The van der Waals surface area contributed by atoms with E-state index in [4.69, 9.17) is 14.2 Å². The first-order chi connectivity index (χ1) is 28.5. The van der Waals surface area contributed by atoms with Crippen molar-refractivity contribution in [2.75, 3.05) is 13.2 Å². The maximum atomic E-state index is 12.7. The zero-order valence-electron chi connectivity index (χ0n) is 38.6. The molecule has 0 aromatic rings.